The minimum Gasteiger partial charge on any atom is -0.497 e. The van der Waals surface area contributed by atoms with Crippen molar-refractivity contribution in [2.24, 2.45) is 0 Å². The molecule has 0 spiro atoms. The molecule has 1 heterocycles. The van der Waals surface area contributed by atoms with E-state index in [2.05, 4.69) is 5.32 Å². The van der Waals surface area contributed by atoms with Crippen molar-refractivity contribution in [2.75, 3.05) is 12.0 Å². The van der Waals surface area contributed by atoms with Gasteiger partial charge in [-0.2, -0.15) is 0 Å². The first kappa shape index (κ1) is 19.4. The van der Waals surface area contributed by atoms with Gasteiger partial charge < -0.3 is 10.1 Å². The number of imide groups is 1. The molecule has 0 unspecified atom stereocenters. The Labute approximate surface area is 174 Å². The van der Waals surface area contributed by atoms with E-state index >= 15 is 0 Å². The molecule has 1 aliphatic rings. The Kier molecular flexibility index (Phi) is 5.06. The zero-order valence-electron chi connectivity index (χ0n) is 16.6. The summed E-state index contributed by atoms with van der Waals surface area (Å²) in [6.45, 7) is 2.18. The highest BCUT2D eigenvalue weighted by molar-refractivity contribution is 6.35. The molecular weight excluding hydrogens is 380 g/mol. The molecule has 0 saturated carbocycles. The molecule has 1 N–H and O–H groups in total. The number of amides is 3. The van der Waals surface area contributed by atoms with E-state index in [9.17, 15) is 14.4 Å². The van der Waals surface area contributed by atoms with E-state index in [1.165, 1.54) is 17.0 Å². The van der Waals surface area contributed by atoms with Gasteiger partial charge >= 0.3 is 0 Å². The minimum absolute atomic E-state index is 0.236. The van der Waals surface area contributed by atoms with E-state index in [4.69, 9.17) is 4.74 Å². The Morgan fingerprint density at radius 2 is 1.63 bits per heavy atom. The van der Waals surface area contributed by atoms with E-state index in [1.54, 1.807) is 25.3 Å². The second-order valence-electron chi connectivity index (χ2n) is 7.02. The number of hydrogen-bond acceptors (Lipinski definition) is 4. The summed E-state index contributed by atoms with van der Waals surface area (Å²) in [6.07, 6.45) is 0. The van der Waals surface area contributed by atoms with Crippen LogP contribution in [0.5, 0.6) is 5.75 Å². The molecule has 0 atom stereocenters. The van der Waals surface area contributed by atoms with Gasteiger partial charge in [0.2, 0.25) is 0 Å². The first-order valence-electron chi connectivity index (χ1n) is 9.49. The lowest BCUT2D eigenvalue weighted by Crippen LogP contribution is -2.30. The fourth-order valence-electron chi connectivity index (χ4n) is 3.44. The molecule has 0 saturated heterocycles. The van der Waals surface area contributed by atoms with Crippen LogP contribution in [0.25, 0.3) is 0 Å². The number of methoxy groups -OCH3 is 1. The van der Waals surface area contributed by atoms with E-state index < -0.39 is 5.91 Å². The predicted molar refractivity (Wildman–Crippen MR) is 113 cm³/mol. The summed E-state index contributed by atoms with van der Waals surface area (Å²) in [5.74, 6) is -0.378. The van der Waals surface area contributed by atoms with Crippen molar-refractivity contribution in [3.05, 3.63) is 94.5 Å². The first-order chi connectivity index (χ1) is 14.5. The van der Waals surface area contributed by atoms with Gasteiger partial charge in [0.1, 0.15) is 5.75 Å². The number of fused-ring (bicyclic) bond motifs is 1. The highest BCUT2D eigenvalue weighted by Gasteiger charge is 2.37. The normalized spacial score (nSPS) is 12.7. The monoisotopic (exact) mass is 400 g/mol. The standard InChI is InChI=1S/C24H20N2O4/c1-15-5-3-4-6-21(15)26-23(28)19-12-9-17(13-20(19)24(26)29)22(27)25-14-16-7-10-18(30-2)11-8-16/h3-13H,14H2,1-2H3,(H,25,27). The maximum absolute atomic E-state index is 12.9. The largest absolute Gasteiger partial charge is 0.497 e. The molecule has 0 aromatic heterocycles. The quantitative estimate of drug-likeness (QED) is 0.662. The SMILES string of the molecule is COc1ccc(CNC(=O)c2ccc3c(c2)C(=O)N(c2ccccc2C)C3=O)cc1. The van der Waals surface area contributed by atoms with E-state index in [1.807, 2.05) is 43.3 Å². The van der Waals surface area contributed by atoms with Crippen LogP contribution in [0.4, 0.5) is 5.69 Å². The van der Waals surface area contributed by atoms with Crippen LogP contribution >= 0.6 is 0 Å². The summed E-state index contributed by atoms with van der Waals surface area (Å²) in [5.41, 5.74) is 3.16. The number of para-hydroxylation sites is 1. The molecule has 1 aliphatic heterocycles. The Balaban J connectivity index is 1.53. The number of nitrogens with one attached hydrogen (secondary N) is 1. The molecule has 0 aliphatic carbocycles. The lowest BCUT2D eigenvalue weighted by atomic mass is 10.1. The van der Waals surface area contributed by atoms with Crippen LogP contribution in [0.3, 0.4) is 0 Å². The van der Waals surface area contributed by atoms with Gasteiger partial charge in [-0.1, -0.05) is 30.3 Å². The number of hydrogen-bond donors (Lipinski definition) is 1. The van der Waals surface area contributed by atoms with E-state index in [-0.39, 0.29) is 17.4 Å². The van der Waals surface area contributed by atoms with Crippen molar-refractivity contribution in [1.29, 1.82) is 0 Å². The lowest BCUT2D eigenvalue weighted by Gasteiger charge is -2.16. The summed E-state index contributed by atoms with van der Waals surface area (Å²) >= 11 is 0. The number of carbonyl (C=O) groups excluding carboxylic acids is 3. The van der Waals surface area contributed by atoms with Crippen LogP contribution in [0.2, 0.25) is 0 Å². The third-order valence-electron chi connectivity index (χ3n) is 5.12. The Morgan fingerprint density at radius 1 is 0.933 bits per heavy atom. The summed E-state index contributed by atoms with van der Waals surface area (Å²) in [6, 6.07) is 19.2. The maximum atomic E-state index is 12.9. The number of anilines is 1. The van der Waals surface area contributed by atoms with Gasteiger partial charge in [-0.05, 0) is 54.4 Å². The Bertz CT molecular complexity index is 1150. The molecule has 0 fully saturated rings. The number of benzene rings is 3. The molecule has 150 valence electrons. The van der Waals surface area contributed by atoms with Crippen molar-refractivity contribution < 1.29 is 19.1 Å². The fourth-order valence-corrected chi connectivity index (χ4v) is 3.44. The van der Waals surface area contributed by atoms with Crippen molar-refractivity contribution >= 4 is 23.4 Å². The molecule has 4 rings (SSSR count). The lowest BCUT2D eigenvalue weighted by molar-refractivity contribution is 0.0923. The average molecular weight is 400 g/mol. The Morgan fingerprint density at radius 3 is 2.33 bits per heavy atom. The highest BCUT2D eigenvalue weighted by atomic mass is 16.5. The van der Waals surface area contributed by atoms with Crippen molar-refractivity contribution in [3.8, 4) is 5.75 Å². The number of rotatable bonds is 5. The van der Waals surface area contributed by atoms with Crippen molar-refractivity contribution in [3.63, 3.8) is 0 Å². The van der Waals surface area contributed by atoms with E-state index in [0.29, 0.717) is 23.4 Å². The van der Waals surface area contributed by atoms with Gasteiger partial charge in [-0.15, -0.1) is 0 Å². The second-order valence-corrected chi connectivity index (χ2v) is 7.02. The van der Waals surface area contributed by atoms with Gasteiger partial charge in [0, 0.05) is 12.1 Å². The van der Waals surface area contributed by atoms with Gasteiger partial charge in [0.25, 0.3) is 17.7 Å². The van der Waals surface area contributed by atoms with Gasteiger partial charge in [0.05, 0.1) is 23.9 Å². The summed E-state index contributed by atoms with van der Waals surface area (Å²) in [4.78, 5) is 39.5. The van der Waals surface area contributed by atoms with Crippen LogP contribution in [0.1, 0.15) is 42.2 Å². The summed E-state index contributed by atoms with van der Waals surface area (Å²) < 4.78 is 5.12. The Hall–Kier alpha value is -3.93. The first-order valence-corrected chi connectivity index (χ1v) is 9.49. The van der Waals surface area contributed by atoms with Gasteiger partial charge in [0.15, 0.2) is 0 Å². The number of ether oxygens (including phenoxy) is 1. The van der Waals surface area contributed by atoms with Crippen molar-refractivity contribution in [2.45, 2.75) is 13.5 Å². The van der Waals surface area contributed by atoms with Crippen LogP contribution in [-0.4, -0.2) is 24.8 Å². The number of aryl methyl sites for hydroxylation is 1. The molecule has 3 aromatic carbocycles. The van der Waals surface area contributed by atoms with Crippen LogP contribution in [0, 0.1) is 6.92 Å². The van der Waals surface area contributed by atoms with Crippen molar-refractivity contribution in [1.82, 2.24) is 5.32 Å². The number of carbonyl (C=O) groups is 3. The third-order valence-corrected chi connectivity index (χ3v) is 5.12. The second kappa shape index (κ2) is 7.83. The molecule has 30 heavy (non-hydrogen) atoms. The third kappa shape index (κ3) is 3.43. The van der Waals surface area contributed by atoms with Gasteiger partial charge in [-0.3, -0.25) is 14.4 Å². The highest BCUT2D eigenvalue weighted by Crippen LogP contribution is 2.31. The molecule has 3 aromatic rings. The molecule has 6 heteroatoms. The summed E-state index contributed by atoms with van der Waals surface area (Å²) in [7, 11) is 1.59. The zero-order chi connectivity index (χ0) is 21.3. The summed E-state index contributed by atoms with van der Waals surface area (Å²) in [5, 5.41) is 2.83. The zero-order valence-corrected chi connectivity index (χ0v) is 16.6. The molecule has 3 amide bonds. The molecule has 0 radical (unpaired) electrons. The molecule has 6 nitrogen and oxygen atoms in total. The van der Waals surface area contributed by atoms with Crippen LogP contribution in [-0.2, 0) is 6.54 Å². The topological polar surface area (TPSA) is 75.7 Å². The molecular formula is C24H20N2O4. The average Bonchev–Trinajstić information content (AvgIpc) is 3.02. The minimum atomic E-state index is -0.422. The van der Waals surface area contributed by atoms with Gasteiger partial charge in [-0.25, -0.2) is 4.90 Å². The number of nitrogens with zero attached hydrogens (tertiary/aromatic N) is 1. The van der Waals surface area contributed by atoms with Crippen LogP contribution < -0.4 is 15.0 Å². The van der Waals surface area contributed by atoms with Crippen LogP contribution in [0.15, 0.2) is 66.7 Å². The van der Waals surface area contributed by atoms with E-state index in [0.717, 1.165) is 16.9 Å². The molecule has 0 bridgehead atoms. The predicted octanol–water partition coefficient (Wildman–Crippen LogP) is 3.73. The fraction of sp³-hybridized carbons (Fsp3) is 0.125. The smallest absolute Gasteiger partial charge is 0.266 e. The maximum Gasteiger partial charge on any atom is 0.266 e.